The molecule has 0 bridgehead atoms. The lowest BCUT2D eigenvalue weighted by Gasteiger charge is -2.28. The minimum atomic E-state index is -0.537. The molecule has 3 rings (SSSR count). The molecule has 1 aliphatic rings. The van der Waals surface area contributed by atoms with E-state index in [1.807, 2.05) is 37.3 Å². The number of nitrogens with one attached hydrogen (secondary N) is 1. The van der Waals surface area contributed by atoms with Crippen LogP contribution in [0.2, 0.25) is 0 Å². The van der Waals surface area contributed by atoms with E-state index in [9.17, 15) is 4.79 Å². The van der Waals surface area contributed by atoms with Crippen LogP contribution in [-0.4, -0.2) is 19.1 Å². The van der Waals surface area contributed by atoms with Gasteiger partial charge in [0, 0.05) is 0 Å². The van der Waals surface area contributed by atoms with Gasteiger partial charge in [0.1, 0.15) is 0 Å². The maximum absolute atomic E-state index is 12.8. The van der Waals surface area contributed by atoms with Crippen LogP contribution >= 0.6 is 0 Å². The summed E-state index contributed by atoms with van der Waals surface area (Å²) in [5, 5.41) is 3.18. The van der Waals surface area contributed by atoms with Gasteiger partial charge in [-0.1, -0.05) is 43.3 Å². The summed E-state index contributed by atoms with van der Waals surface area (Å²) in [4.78, 5) is 12.8. The third kappa shape index (κ3) is 3.95. The maximum Gasteiger partial charge on any atom is 0.261 e. The lowest BCUT2D eigenvalue weighted by Crippen LogP contribution is -2.41. The number of para-hydroxylation sites is 2. The molecule has 0 aromatic heterocycles. The van der Waals surface area contributed by atoms with E-state index in [2.05, 4.69) is 23.5 Å². The third-order valence-corrected chi connectivity index (χ3v) is 4.69. The Balaban J connectivity index is 1.71. The lowest BCUT2D eigenvalue weighted by molar-refractivity contribution is -0.129. The fraction of sp³-hybridized carbons (Fsp3) is 0.381. The molecule has 0 unspecified atom stereocenters. The van der Waals surface area contributed by atoms with Gasteiger partial charge in [0.25, 0.3) is 5.91 Å². The molecule has 1 N–H and O–H groups in total. The number of benzene rings is 2. The Labute approximate surface area is 149 Å². The largest absolute Gasteiger partial charge is 0.493 e. The van der Waals surface area contributed by atoms with Gasteiger partial charge in [0.15, 0.2) is 17.6 Å². The molecule has 0 fully saturated rings. The lowest BCUT2D eigenvalue weighted by atomic mass is 9.87. The summed E-state index contributed by atoms with van der Waals surface area (Å²) in [7, 11) is 1.60. The predicted molar refractivity (Wildman–Crippen MR) is 98.0 cm³/mol. The molecule has 4 heteroatoms. The second kappa shape index (κ2) is 8.06. The molecule has 132 valence electrons. The van der Waals surface area contributed by atoms with Gasteiger partial charge in [-0.2, -0.15) is 0 Å². The van der Waals surface area contributed by atoms with Crippen molar-refractivity contribution >= 4 is 5.91 Å². The third-order valence-electron chi connectivity index (χ3n) is 4.69. The van der Waals surface area contributed by atoms with Crippen LogP contribution in [-0.2, 0) is 11.2 Å². The van der Waals surface area contributed by atoms with Crippen LogP contribution in [0.15, 0.2) is 48.5 Å². The van der Waals surface area contributed by atoms with Crippen molar-refractivity contribution in [2.24, 2.45) is 0 Å². The van der Waals surface area contributed by atoms with Crippen LogP contribution in [0.3, 0.4) is 0 Å². The second-order valence-electron chi connectivity index (χ2n) is 6.32. The standard InChI is InChI=1S/C21H25NO3/c1-3-18(25-20-14-7-6-13-19(20)24-2)21(23)22-17-12-8-10-15-9-4-5-11-16(15)17/h4-7,9,11,13-14,17-18H,3,8,10,12H2,1-2H3,(H,22,23)/t17-,18-/m1/s1. The van der Waals surface area contributed by atoms with Crippen molar-refractivity contribution in [2.45, 2.75) is 44.8 Å². The number of ether oxygens (including phenoxy) is 2. The van der Waals surface area contributed by atoms with E-state index < -0.39 is 6.10 Å². The van der Waals surface area contributed by atoms with E-state index in [0.29, 0.717) is 17.9 Å². The summed E-state index contributed by atoms with van der Waals surface area (Å²) >= 11 is 0. The predicted octanol–water partition coefficient (Wildman–Crippen LogP) is 4.05. The number of aryl methyl sites for hydroxylation is 1. The van der Waals surface area contributed by atoms with Gasteiger partial charge < -0.3 is 14.8 Å². The molecule has 0 radical (unpaired) electrons. The van der Waals surface area contributed by atoms with Gasteiger partial charge in [-0.25, -0.2) is 0 Å². The Hall–Kier alpha value is -2.49. The molecule has 1 amide bonds. The van der Waals surface area contributed by atoms with Crippen molar-refractivity contribution in [1.82, 2.24) is 5.32 Å². The number of hydrogen-bond acceptors (Lipinski definition) is 3. The summed E-state index contributed by atoms with van der Waals surface area (Å²) in [5.74, 6) is 1.16. The Kier molecular flexibility index (Phi) is 5.59. The molecule has 0 saturated carbocycles. The topological polar surface area (TPSA) is 47.6 Å². The molecule has 25 heavy (non-hydrogen) atoms. The van der Waals surface area contributed by atoms with Crippen LogP contribution < -0.4 is 14.8 Å². The number of methoxy groups -OCH3 is 1. The molecule has 0 saturated heterocycles. The summed E-state index contributed by atoms with van der Waals surface area (Å²) in [6, 6.07) is 15.8. The number of amides is 1. The summed E-state index contributed by atoms with van der Waals surface area (Å²) in [5.41, 5.74) is 2.56. The van der Waals surface area contributed by atoms with Crippen molar-refractivity contribution in [3.63, 3.8) is 0 Å². The molecule has 1 aliphatic carbocycles. The fourth-order valence-corrected chi connectivity index (χ4v) is 3.36. The Bertz CT molecular complexity index is 729. The number of carbonyl (C=O) groups excluding carboxylic acids is 1. The highest BCUT2D eigenvalue weighted by Gasteiger charge is 2.26. The van der Waals surface area contributed by atoms with Crippen molar-refractivity contribution in [3.05, 3.63) is 59.7 Å². The zero-order valence-corrected chi connectivity index (χ0v) is 14.8. The van der Waals surface area contributed by atoms with Gasteiger partial charge in [-0.3, -0.25) is 4.79 Å². The van der Waals surface area contributed by atoms with Crippen molar-refractivity contribution in [2.75, 3.05) is 7.11 Å². The summed E-state index contributed by atoms with van der Waals surface area (Å²) in [6.07, 6.45) is 3.20. The monoisotopic (exact) mass is 339 g/mol. The molecular formula is C21H25NO3. The Morgan fingerprint density at radius 2 is 1.88 bits per heavy atom. The Morgan fingerprint density at radius 3 is 2.64 bits per heavy atom. The highest BCUT2D eigenvalue weighted by Crippen LogP contribution is 2.30. The average Bonchev–Trinajstić information content (AvgIpc) is 2.66. The number of fused-ring (bicyclic) bond motifs is 1. The van der Waals surface area contributed by atoms with Crippen LogP contribution in [0.4, 0.5) is 0 Å². The number of rotatable bonds is 6. The van der Waals surface area contributed by atoms with Gasteiger partial charge >= 0.3 is 0 Å². The van der Waals surface area contributed by atoms with Gasteiger partial charge in [-0.15, -0.1) is 0 Å². The molecule has 0 heterocycles. The van der Waals surface area contributed by atoms with Crippen LogP contribution in [0, 0.1) is 0 Å². The molecule has 2 aromatic rings. The minimum Gasteiger partial charge on any atom is -0.493 e. The molecule has 2 aromatic carbocycles. The first-order valence-electron chi connectivity index (χ1n) is 8.90. The first-order chi connectivity index (χ1) is 12.2. The quantitative estimate of drug-likeness (QED) is 0.864. The van der Waals surface area contributed by atoms with E-state index in [1.54, 1.807) is 7.11 Å². The highest BCUT2D eigenvalue weighted by molar-refractivity contribution is 5.81. The van der Waals surface area contributed by atoms with E-state index in [4.69, 9.17) is 9.47 Å². The normalized spacial score (nSPS) is 17.3. The molecule has 0 spiro atoms. The van der Waals surface area contributed by atoms with Crippen molar-refractivity contribution in [3.8, 4) is 11.5 Å². The smallest absolute Gasteiger partial charge is 0.261 e. The van der Waals surface area contributed by atoms with E-state index in [0.717, 1.165) is 19.3 Å². The molecule has 4 nitrogen and oxygen atoms in total. The van der Waals surface area contributed by atoms with Gasteiger partial charge in [0.05, 0.1) is 13.2 Å². The second-order valence-corrected chi connectivity index (χ2v) is 6.32. The molecular weight excluding hydrogens is 314 g/mol. The van der Waals surface area contributed by atoms with Crippen molar-refractivity contribution in [1.29, 1.82) is 0 Å². The van der Waals surface area contributed by atoms with Gasteiger partial charge in [0.2, 0.25) is 0 Å². The Morgan fingerprint density at radius 1 is 1.16 bits per heavy atom. The fourth-order valence-electron chi connectivity index (χ4n) is 3.36. The van der Waals surface area contributed by atoms with Gasteiger partial charge in [-0.05, 0) is 48.9 Å². The summed E-state index contributed by atoms with van der Waals surface area (Å²) in [6.45, 7) is 1.95. The molecule has 2 atom stereocenters. The SMILES string of the molecule is CC[C@@H](Oc1ccccc1OC)C(=O)N[C@@H]1CCCc2ccccc21. The number of hydrogen-bond donors (Lipinski definition) is 1. The van der Waals surface area contributed by atoms with Crippen LogP contribution in [0.1, 0.15) is 43.4 Å². The van der Waals surface area contributed by atoms with Crippen LogP contribution in [0.25, 0.3) is 0 Å². The maximum atomic E-state index is 12.8. The molecule has 0 aliphatic heterocycles. The average molecular weight is 339 g/mol. The van der Waals surface area contributed by atoms with E-state index in [-0.39, 0.29) is 11.9 Å². The zero-order valence-electron chi connectivity index (χ0n) is 14.8. The van der Waals surface area contributed by atoms with Crippen LogP contribution in [0.5, 0.6) is 11.5 Å². The highest BCUT2D eigenvalue weighted by atomic mass is 16.5. The zero-order chi connectivity index (χ0) is 17.6. The first kappa shape index (κ1) is 17.3. The minimum absolute atomic E-state index is 0.0627. The number of carbonyl (C=O) groups is 1. The van der Waals surface area contributed by atoms with E-state index >= 15 is 0 Å². The van der Waals surface area contributed by atoms with Crippen molar-refractivity contribution < 1.29 is 14.3 Å². The summed E-state index contributed by atoms with van der Waals surface area (Å²) < 4.78 is 11.3. The first-order valence-corrected chi connectivity index (χ1v) is 8.90. The van der Waals surface area contributed by atoms with E-state index in [1.165, 1.54) is 11.1 Å².